The predicted octanol–water partition coefficient (Wildman–Crippen LogP) is -0.0662. The van der Waals surface area contributed by atoms with Gasteiger partial charge in [0.15, 0.2) is 6.10 Å². The quantitative estimate of drug-likeness (QED) is 0.657. The van der Waals surface area contributed by atoms with Crippen molar-refractivity contribution in [3.8, 4) is 0 Å². The summed E-state index contributed by atoms with van der Waals surface area (Å²) in [6.07, 6.45) is -2.25. The molecule has 0 aliphatic carbocycles. The van der Waals surface area contributed by atoms with Crippen molar-refractivity contribution in [1.29, 1.82) is 0 Å². The number of carbonyl (C=O) groups excluding carboxylic acids is 1. The highest BCUT2D eigenvalue weighted by molar-refractivity contribution is 7.92. The molecule has 112 valence electrons. The molecular weight excluding hydrogens is 286 g/mol. The summed E-state index contributed by atoms with van der Waals surface area (Å²) in [4.78, 5) is 11.2. The number of ether oxygens (including phenoxy) is 1. The fraction of sp³-hybridized carbons (Fsp3) is 0.417. The van der Waals surface area contributed by atoms with Crippen molar-refractivity contribution in [2.45, 2.75) is 19.1 Å². The molecule has 2 atom stereocenters. The number of rotatable bonds is 5. The smallest absolute Gasteiger partial charge is 0.337 e. The van der Waals surface area contributed by atoms with Gasteiger partial charge in [-0.3, -0.25) is 4.72 Å². The van der Waals surface area contributed by atoms with Crippen LogP contribution in [0.2, 0.25) is 0 Å². The third kappa shape index (κ3) is 4.19. The van der Waals surface area contributed by atoms with Gasteiger partial charge in [0.1, 0.15) is 6.10 Å². The molecule has 0 saturated heterocycles. The number of benzene rings is 1. The molecule has 2 unspecified atom stereocenters. The van der Waals surface area contributed by atoms with Crippen LogP contribution in [0.5, 0.6) is 0 Å². The second kappa shape index (κ2) is 6.21. The first kappa shape index (κ1) is 16.4. The van der Waals surface area contributed by atoms with Gasteiger partial charge in [-0.25, -0.2) is 13.2 Å². The second-order valence-electron chi connectivity index (χ2n) is 4.36. The van der Waals surface area contributed by atoms with Crippen molar-refractivity contribution < 1.29 is 28.2 Å². The number of nitrogens with one attached hydrogen (secondary N) is 1. The summed E-state index contributed by atoms with van der Waals surface area (Å²) in [6.45, 7) is 1.68. The lowest BCUT2D eigenvalue weighted by Crippen LogP contribution is -2.29. The first-order valence-electron chi connectivity index (χ1n) is 5.68. The fourth-order valence-corrected chi connectivity index (χ4v) is 2.18. The van der Waals surface area contributed by atoms with E-state index >= 15 is 0 Å². The van der Waals surface area contributed by atoms with Gasteiger partial charge in [-0.2, -0.15) is 0 Å². The van der Waals surface area contributed by atoms with Gasteiger partial charge in [0.2, 0.25) is 10.0 Å². The van der Waals surface area contributed by atoms with E-state index in [0.29, 0.717) is 5.56 Å². The summed E-state index contributed by atoms with van der Waals surface area (Å²) in [5.74, 6) is -0.976. The number of hydrogen-bond donors (Lipinski definition) is 3. The second-order valence-corrected chi connectivity index (χ2v) is 6.11. The number of esters is 1. The van der Waals surface area contributed by atoms with E-state index < -0.39 is 28.2 Å². The maximum atomic E-state index is 11.2. The standard InChI is InChI=1S/C12H17NO6S/c1-7-4-5-8(6-9(7)13-20(3,17)18)10(14)11(15)12(16)19-2/h4-6,10-11,13-15H,1-3H3. The molecule has 0 radical (unpaired) electrons. The van der Waals surface area contributed by atoms with Gasteiger partial charge in [0, 0.05) is 0 Å². The normalized spacial score (nSPS) is 14.4. The summed E-state index contributed by atoms with van der Waals surface area (Å²) in [6, 6.07) is 4.41. The lowest BCUT2D eigenvalue weighted by Gasteiger charge is -2.17. The van der Waals surface area contributed by atoms with Crippen LogP contribution >= 0.6 is 0 Å². The minimum atomic E-state index is -3.47. The number of aliphatic hydroxyl groups excluding tert-OH is 2. The Morgan fingerprint density at radius 1 is 1.35 bits per heavy atom. The molecule has 1 aromatic carbocycles. The molecule has 1 rings (SSSR count). The molecule has 0 aromatic heterocycles. The predicted molar refractivity (Wildman–Crippen MR) is 72.6 cm³/mol. The Morgan fingerprint density at radius 3 is 2.45 bits per heavy atom. The van der Waals surface area contributed by atoms with Crippen LogP contribution in [0.4, 0.5) is 5.69 Å². The zero-order valence-corrected chi connectivity index (χ0v) is 12.1. The van der Waals surface area contributed by atoms with Crippen LogP contribution in [0.3, 0.4) is 0 Å². The molecule has 0 aliphatic rings. The van der Waals surface area contributed by atoms with Gasteiger partial charge >= 0.3 is 5.97 Å². The molecule has 7 nitrogen and oxygen atoms in total. The lowest BCUT2D eigenvalue weighted by molar-refractivity contribution is -0.156. The van der Waals surface area contributed by atoms with Crippen molar-refractivity contribution in [3.63, 3.8) is 0 Å². The van der Waals surface area contributed by atoms with Crippen LogP contribution in [-0.2, 0) is 19.6 Å². The minimum Gasteiger partial charge on any atom is -0.467 e. The number of methoxy groups -OCH3 is 1. The Bertz CT molecular complexity index is 598. The van der Waals surface area contributed by atoms with Gasteiger partial charge < -0.3 is 14.9 Å². The molecule has 0 bridgehead atoms. The van der Waals surface area contributed by atoms with Crippen LogP contribution in [0, 0.1) is 6.92 Å². The fourth-order valence-electron chi connectivity index (χ4n) is 1.57. The van der Waals surface area contributed by atoms with Gasteiger partial charge in [-0.15, -0.1) is 0 Å². The molecule has 3 N–H and O–H groups in total. The van der Waals surface area contributed by atoms with Crippen molar-refractivity contribution in [2.75, 3.05) is 18.1 Å². The Morgan fingerprint density at radius 2 is 1.95 bits per heavy atom. The van der Waals surface area contributed by atoms with Crippen LogP contribution < -0.4 is 4.72 Å². The van der Waals surface area contributed by atoms with Gasteiger partial charge in [-0.05, 0) is 24.1 Å². The van der Waals surface area contributed by atoms with E-state index in [9.17, 15) is 23.4 Å². The summed E-state index contributed by atoms with van der Waals surface area (Å²) in [5, 5.41) is 19.4. The number of carbonyl (C=O) groups is 1. The van der Waals surface area contributed by atoms with E-state index in [4.69, 9.17) is 0 Å². The number of aryl methyl sites for hydroxylation is 1. The molecule has 20 heavy (non-hydrogen) atoms. The Balaban J connectivity index is 3.09. The maximum Gasteiger partial charge on any atom is 0.337 e. The first-order chi connectivity index (χ1) is 9.15. The molecule has 0 fully saturated rings. The topological polar surface area (TPSA) is 113 Å². The number of sulfonamides is 1. The summed E-state index contributed by atoms with van der Waals surface area (Å²) in [5.41, 5.74) is 1.10. The third-order valence-electron chi connectivity index (χ3n) is 2.64. The highest BCUT2D eigenvalue weighted by Gasteiger charge is 2.26. The Hall–Kier alpha value is -1.64. The van der Waals surface area contributed by atoms with Crippen LogP contribution in [0.15, 0.2) is 18.2 Å². The highest BCUT2D eigenvalue weighted by atomic mass is 32.2. The van der Waals surface area contributed by atoms with Crippen LogP contribution in [-0.4, -0.2) is 44.1 Å². The summed E-state index contributed by atoms with van der Waals surface area (Å²) < 4.78 is 29.1. The van der Waals surface area contributed by atoms with Gasteiger partial charge in [0.25, 0.3) is 0 Å². The van der Waals surface area contributed by atoms with E-state index in [-0.39, 0.29) is 11.3 Å². The average molecular weight is 303 g/mol. The van der Waals surface area contributed by atoms with E-state index in [1.165, 1.54) is 12.1 Å². The number of aliphatic hydroxyl groups is 2. The lowest BCUT2D eigenvalue weighted by atomic mass is 10.0. The van der Waals surface area contributed by atoms with Crippen molar-refractivity contribution >= 4 is 21.7 Å². The SMILES string of the molecule is COC(=O)C(O)C(O)c1ccc(C)c(NS(C)(=O)=O)c1. The maximum absolute atomic E-state index is 11.2. The van der Waals surface area contributed by atoms with E-state index in [2.05, 4.69) is 9.46 Å². The number of hydrogen-bond acceptors (Lipinski definition) is 6. The zero-order valence-electron chi connectivity index (χ0n) is 11.3. The van der Waals surface area contributed by atoms with Gasteiger partial charge in [-0.1, -0.05) is 12.1 Å². The summed E-state index contributed by atoms with van der Waals surface area (Å²) in [7, 11) is -2.38. The molecule has 8 heteroatoms. The first-order valence-corrected chi connectivity index (χ1v) is 7.57. The highest BCUT2D eigenvalue weighted by Crippen LogP contribution is 2.24. The van der Waals surface area contributed by atoms with Crippen molar-refractivity contribution in [2.24, 2.45) is 0 Å². The average Bonchev–Trinajstić information content (AvgIpc) is 2.37. The zero-order chi connectivity index (χ0) is 15.5. The molecule has 0 amide bonds. The molecule has 0 heterocycles. The van der Waals surface area contributed by atoms with E-state index in [1.807, 2.05) is 0 Å². The van der Waals surface area contributed by atoms with E-state index in [1.54, 1.807) is 13.0 Å². The van der Waals surface area contributed by atoms with Crippen LogP contribution in [0.1, 0.15) is 17.2 Å². The number of anilines is 1. The van der Waals surface area contributed by atoms with Gasteiger partial charge in [0.05, 0.1) is 19.1 Å². The Kier molecular flexibility index (Phi) is 5.09. The minimum absolute atomic E-state index is 0.194. The molecule has 0 aliphatic heterocycles. The Labute approximate surface area is 117 Å². The molecule has 0 saturated carbocycles. The van der Waals surface area contributed by atoms with Crippen molar-refractivity contribution in [3.05, 3.63) is 29.3 Å². The summed E-state index contributed by atoms with van der Waals surface area (Å²) >= 11 is 0. The third-order valence-corrected chi connectivity index (χ3v) is 3.23. The molecular formula is C12H17NO6S. The monoisotopic (exact) mass is 303 g/mol. The van der Waals surface area contributed by atoms with Crippen molar-refractivity contribution in [1.82, 2.24) is 0 Å². The molecule has 0 spiro atoms. The molecule has 1 aromatic rings. The van der Waals surface area contributed by atoms with E-state index in [0.717, 1.165) is 13.4 Å². The van der Waals surface area contributed by atoms with Crippen LogP contribution in [0.25, 0.3) is 0 Å². The largest absolute Gasteiger partial charge is 0.467 e.